The Balaban J connectivity index is 1.20. The maximum atomic E-state index is 13.9. The van der Waals surface area contributed by atoms with Crippen LogP contribution in [-0.2, 0) is 0 Å². The Morgan fingerprint density at radius 1 is 0.944 bits per heavy atom. The molecule has 1 saturated heterocycles. The minimum atomic E-state index is -2.67. The Morgan fingerprint density at radius 2 is 1.75 bits per heavy atom. The SMILES string of the molecule is O=C(c1ccc2c(cnn2-c2cccc(F)c2)c1)N1CCC(c2nc3ccccc3n2C(F)F)CC1. The summed E-state index contributed by atoms with van der Waals surface area (Å²) in [6.45, 7) is -1.76. The summed E-state index contributed by atoms with van der Waals surface area (Å²) in [6, 6.07) is 18.4. The van der Waals surface area contributed by atoms with Crippen LogP contribution in [0.1, 0.15) is 41.5 Å². The normalized spacial score (nSPS) is 14.8. The Hall–Kier alpha value is -4.14. The van der Waals surface area contributed by atoms with E-state index in [0.29, 0.717) is 54.0 Å². The number of para-hydroxylation sites is 2. The topological polar surface area (TPSA) is 56.0 Å². The van der Waals surface area contributed by atoms with E-state index in [2.05, 4.69) is 10.1 Å². The maximum absolute atomic E-state index is 13.9. The summed E-state index contributed by atoms with van der Waals surface area (Å²) in [5.41, 5.74) is 2.87. The van der Waals surface area contributed by atoms with Crippen LogP contribution in [0.25, 0.3) is 27.6 Å². The number of alkyl halides is 2. The van der Waals surface area contributed by atoms with Crippen LogP contribution in [0.15, 0.2) is 72.9 Å². The summed E-state index contributed by atoms with van der Waals surface area (Å²) in [6.07, 6.45) is 2.77. The number of hydrogen-bond acceptors (Lipinski definition) is 3. The highest BCUT2D eigenvalue weighted by atomic mass is 19.3. The van der Waals surface area contributed by atoms with Crippen molar-refractivity contribution in [3.8, 4) is 5.69 Å². The molecule has 0 atom stereocenters. The molecule has 5 aromatic rings. The van der Waals surface area contributed by atoms with Gasteiger partial charge in [-0.1, -0.05) is 18.2 Å². The van der Waals surface area contributed by atoms with Gasteiger partial charge in [-0.15, -0.1) is 0 Å². The van der Waals surface area contributed by atoms with E-state index in [0.717, 1.165) is 15.5 Å². The zero-order valence-electron chi connectivity index (χ0n) is 19.2. The number of halogens is 3. The molecule has 36 heavy (non-hydrogen) atoms. The third-order valence-electron chi connectivity index (χ3n) is 6.83. The minimum absolute atomic E-state index is 0.115. The van der Waals surface area contributed by atoms with Crippen molar-refractivity contribution in [3.05, 3.63) is 90.1 Å². The van der Waals surface area contributed by atoms with Gasteiger partial charge in [0.1, 0.15) is 11.6 Å². The third kappa shape index (κ3) is 3.80. The molecule has 9 heteroatoms. The molecule has 6 nitrogen and oxygen atoms in total. The number of likely N-dealkylation sites (tertiary alicyclic amines) is 1. The van der Waals surface area contributed by atoms with Gasteiger partial charge >= 0.3 is 6.55 Å². The van der Waals surface area contributed by atoms with Gasteiger partial charge < -0.3 is 4.90 Å². The molecule has 0 radical (unpaired) electrons. The Morgan fingerprint density at radius 3 is 2.53 bits per heavy atom. The first-order valence-corrected chi connectivity index (χ1v) is 11.8. The summed E-state index contributed by atoms with van der Waals surface area (Å²) < 4.78 is 44.0. The molecule has 0 N–H and O–H groups in total. The molecule has 1 fully saturated rings. The smallest absolute Gasteiger partial charge is 0.320 e. The molecule has 0 saturated carbocycles. The number of benzene rings is 3. The zero-order chi connectivity index (χ0) is 24.8. The minimum Gasteiger partial charge on any atom is -0.339 e. The molecule has 0 unspecified atom stereocenters. The second-order valence-electron chi connectivity index (χ2n) is 8.98. The van der Waals surface area contributed by atoms with E-state index in [1.807, 2.05) is 0 Å². The first-order valence-electron chi connectivity index (χ1n) is 11.8. The maximum Gasteiger partial charge on any atom is 0.320 e. The van der Waals surface area contributed by atoms with Crippen LogP contribution < -0.4 is 0 Å². The van der Waals surface area contributed by atoms with Crippen LogP contribution in [-0.4, -0.2) is 43.2 Å². The predicted molar refractivity (Wildman–Crippen MR) is 130 cm³/mol. The number of rotatable bonds is 4. The highest BCUT2D eigenvalue weighted by Gasteiger charge is 2.30. The number of piperidine rings is 1. The molecule has 1 amide bonds. The van der Waals surface area contributed by atoms with E-state index in [1.54, 1.807) is 70.4 Å². The van der Waals surface area contributed by atoms with Crippen LogP contribution in [0.2, 0.25) is 0 Å². The molecule has 6 rings (SSSR count). The number of hydrogen-bond donors (Lipinski definition) is 0. The fourth-order valence-electron chi connectivity index (χ4n) is 5.06. The lowest BCUT2D eigenvalue weighted by Gasteiger charge is -2.32. The van der Waals surface area contributed by atoms with Crippen LogP contribution in [0, 0.1) is 5.82 Å². The fourth-order valence-corrected chi connectivity index (χ4v) is 5.06. The van der Waals surface area contributed by atoms with E-state index in [4.69, 9.17) is 0 Å². The number of carbonyl (C=O) groups is 1. The van der Waals surface area contributed by atoms with E-state index in [9.17, 15) is 18.0 Å². The van der Waals surface area contributed by atoms with Gasteiger partial charge in [-0.05, 0) is 61.4 Å². The Labute approximate surface area is 204 Å². The van der Waals surface area contributed by atoms with E-state index < -0.39 is 6.55 Å². The second-order valence-corrected chi connectivity index (χ2v) is 8.98. The van der Waals surface area contributed by atoms with Gasteiger partial charge in [0.15, 0.2) is 0 Å². The summed E-state index contributed by atoms with van der Waals surface area (Å²) >= 11 is 0. The Kier molecular flexibility index (Phi) is 5.47. The molecular weight excluding hydrogens is 467 g/mol. The van der Waals surface area contributed by atoms with Gasteiger partial charge in [0.25, 0.3) is 5.91 Å². The molecule has 182 valence electrons. The number of imidazole rings is 1. The number of amides is 1. The van der Waals surface area contributed by atoms with Crippen molar-refractivity contribution in [2.45, 2.75) is 25.3 Å². The van der Waals surface area contributed by atoms with Crippen molar-refractivity contribution >= 4 is 27.8 Å². The van der Waals surface area contributed by atoms with Crippen molar-refractivity contribution in [2.24, 2.45) is 0 Å². The average Bonchev–Trinajstić information content (AvgIpc) is 3.50. The standard InChI is InChI=1S/C27H22F3N5O/c28-20-4-3-5-21(15-20)35-23-9-8-18(14-19(23)16-31-35)26(36)33-12-10-17(11-13-33)25-32-22-6-1-2-7-24(22)34(25)27(29)30/h1-9,14-17,27H,10-13H2. The quantitative estimate of drug-likeness (QED) is 0.315. The molecule has 2 aromatic heterocycles. The first-order chi connectivity index (χ1) is 17.5. The van der Waals surface area contributed by atoms with Crippen LogP contribution in [0.4, 0.5) is 13.2 Å². The van der Waals surface area contributed by atoms with Gasteiger partial charge in [0, 0.05) is 30.0 Å². The van der Waals surface area contributed by atoms with Crippen LogP contribution >= 0.6 is 0 Å². The largest absolute Gasteiger partial charge is 0.339 e. The van der Waals surface area contributed by atoms with Crippen LogP contribution in [0.5, 0.6) is 0 Å². The van der Waals surface area contributed by atoms with Crippen LogP contribution in [0.3, 0.4) is 0 Å². The zero-order valence-corrected chi connectivity index (χ0v) is 19.2. The number of aromatic nitrogens is 4. The summed E-state index contributed by atoms with van der Waals surface area (Å²) in [5, 5.41) is 5.13. The molecule has 1 aliphatic heterocycles. The summed E-state index contributed by atoms with van der Waals surface area (Å²) in [5.74, 6) is -0.237. The molecule has 1 aliphatic rings. The van der Waals surface area contributed by atoms with Crippen molar-refractivity contribution in [2.75, 3.05) is 13.1 Å². The highest BCUT2D eigenvalue weighted by molar-refractivity contribution is 5.98. The number of nitrogens with zero attached hydrogens (tertiary/aromatic N) is 5. The Bertz CT molecular complexity index is 1580. The highest BCUT2D eigenvalue weighted by Crippen LogP contribution is 2.33. The fraction of sp³-hybridized carbons (Fsp3) is 0.222. The van der Waals surface area contributed by atoms with E-state index >= 15 is 0 Å². The van der Waals surface area contributed by atoms with Gasteiger partial charge in [-0.2, -0.15) is 13.9 Å². The van der Waals surface area contributed by atoms with E-state index in [-0.39, 0.29) is 17.6 Å². The molecule has 0 bridgehead atoms. The third-order valence-corrected chi connectivity index (χ3v) is 6.83. The molecule has 0 aliphatic carbocycles. The summed E-state index contributed by atoms with van der Waals surface area (Å²) in [7, 11) is 0. The second kappa shape index (κ2) is 8.82. The average molecular weight is 490 g/mol. The van der Waals surface area contributed by atoms with Gasteiger partial charge in [0.2, 0.25) is 0 Å². The van der Waals surface area contributed by atoms with E-state index in [1.165, 1.54) is 12.1 Å². The van der Waals surface area contributed by atoms with Crippen molar-refractivity contribution in [3.63, 3.8) is 0 Å². The molecular formula is C27H22F3N5O. The molecule has 0 spiro atoms. The number of fused-ring (bicyclic) bond motifs is 2. The predicted octanol–water partition coefficient (Wildman–Crippen LogP) is 5.93. The molecule has 3 heterocycles. The molecule has 3 aromatic carbocycles. The van der Waals surface area contributed by atoms with Crippen molar-refractivity contribution in [1.29, 1.82) is 0 Å². The lowest BCUT2D eigenvalue weighted by atomic mass is 9.95. The van der Waals surface area contributed by atoms with Gasteiger partial charge in [-0.25, -0.2) is 14.1 Å². The summed E-state index contributed by atoms with van der Waals surface area (Å²) in [4.78, 5) is 19.5. The monoisotopic (exact) mass is 489 g/mol. The lowest BCUT2D eigenvalue weighted by molar-refractivity contribution is 0.0634. The van der Waals surface area contributed by atoms with Crippen molar-refractivity contribution in [1.82, 2.24) is 24.2 Å². The van der Waals surface area contributed by atoms with Crippen molar-refractivity contribution < 1.29 is 18.0 Å². The lowest BCUT2D eigenvalue weighted by Crippen LogP contribution is -2.38. The van der Waals surface area contributed by atoms with Gasteiger partial charge in [0.05, 0.1) is 28.4 Å². The first kappa shape index (κ1) is 22.3. The number of carbonyl (C=O) groups excluding carboxylic acids is 1. The van der Waals surface area contributed by atoms with Gasteiger partial charge in [-0.3, -0.25) is 9.36 Å².